The summed E-state index contributed by atoms with van der Waals surface area (Å²) in [6.45, 7) is 13.1. The molecule has 0 saturated heterocycles. The second-order valence-corrected chi connectivity index (χ2v) is 17.8. The zero-order valence-electron chi connectivity index (χ0n) is 31.1. The van der Waals surface area contributed by atoms with E-state index in [1.54, 1.807) is 27.7 Å². The summed E-state index contributed by atoms with van der Waals surface area (Å²) < 4.78 is 76.8. The maximum Gasteiger partial charge on any atom is 0.359 e. The van der Waals surface area contributed by atoms with Gasteiger partial charge in [0.05, 0.1) is 50.9 Å². The molecule has 0 fully saturated rings. The first-order chi connectivity index (χ1) is 24.6. The summed E-state index contributed by atoms with van der Waals surface area (Å²) in [6.07, 6.45) is 2.45. The van der Waals surface area contributed by atoms with Crippen LogP contribution >= 0.6 is 15.2 Å². The number of aliphatic hydroxyl groups excluding tert-OH is 1. The van der Waals surface area contributed by atoms with Gasteiger partial charge in [-0.2, -0.15) is 0 Å². The molecule has 0 aliphatic carbocycles. The molecule has 0 spiro atoms. The van der Waals surface area contributed by atoms with Gasteiger partial charge in [0, 0.05) is 46.9 Å². The predicted molar refractivity (Wildman–Crippen MR) is 206 cm³/mol. The van der Waals surface area contributed by atoms with Gasteiger partial charge in [0.1, 0.15) is 11.5 Å². The summed E-state index contributed by atoms with van der Waals surface area (Å²) in [6, 6.07) is 14.2. The van der Waals surface area contributed by atoms with E-state index in [4.69, 9.17) is 27.6 Å². The fourth-order valence-electron chi connectivity index (χ4n) is 6.03. The van der Waals surface area contributed by atoms with E-state index < -0.39 is 31.5 Å². The lowest BCUT2D eigenvalue weighted by molar-refractivity contribution is 0.190. The number of rotatable bonds is 27. The molecule has 51 heavy (non-hydrogen) atoms. The van der Waals surface area contributed by atoms with E-state index >= 15 is 0 Å². The van der Waals surface area contributed by atoms with Gasteiger partial charge < -0.3 is 37.2 Å². The van der Waals surface area contributed by atoms with Crippen molar-refractivity contribution in [3.63, 3.8) is 0 Å². The van der Waals surface area contributed by atoms with E-state index in [2.05, 4.69) is 34.1 Å². The average Bonchev–Trinajstić information content (AvgIpc) is 3.40. The number of hydrogen-bond donors (Lipinski definition) is 2. The molecule has 3 rings (SSSR count). The van der Waals surface area contributed by atoms with Crippen LogP contribution in [0.1, 0.15) is 66.4 Å². The summed E-state index contributed by atoms with van der Waals surface area (Å²) in [5, 5.41) is 13.9. The second-order valence-electron chi connectivity index (χ2n) is 11.5. The molecule has 288 valence electrons. The standard InChI is InChI=1S/C36H58N2O10P2S/c1-7-43-30-19-17-29(18-20-30)35-33(16-13-25-39)32-22-21-31(44-8-2)28-34(32)38(35)24-15-27-51(42)26-14-23-37-36(49(40,45-9-3)46-10-4)50(41,47-11-5)48-12-6/h17-22,28,36-37,39H,7-16,23-27H2,1-6H3. The summed E-state index contributed by atoms with van der Waals surface area (Å²) in [7, 11) is -9.01. The van der Waals surface area contributed by atoms with Gasteiger partial charge in [-0.25, -0.2) is 0 Å². The lowest BCUT2D eigenvalue weighted by Crippen LogP contribution is -2.33. The molecule has 2 aromatic carbocycles. The van der Waals surface area contributed by atoms with Crippen molar-refractivity contribution in [3.05, 3.63) is 48.0 Å². The number of aliphatic hydroxyl groups is 1. The Morgan fingerprint density at radius 1 is 0.745 bits per heavy atom. The summed E-state index contributed by atoms with van der Waals surface area (Å²) in [5.41, 5.74) is 2.97. The van der Waals surface area contributed by atoms with Crippen molar-refractivity contribution in [1.29, 1.82) is 0 Å². The summed E-state index contributed by atoms with van der Waals surface area (Å²) >= 11 is 0. The van der Waals surface area contributed by atoms with Crippen molar-refractivity contribution in [2.24, 2.45) is 0 Å². The Morgan fingerprint density at radius 3 is 1.84 bits per heavy atom. The highest BCUT2D eigenvalue weighted by atomic mass is 32.2. The zero-order valence-corrected chi connectivity index (χ0v) is 33.7. The Morgan fingerprint density at radius 2 is 1.29 bits per heavy atom. The van der Waals surface area contributed by atoms with Crippen molar-refractivity contribution in [2.45, 2.75) is 79.3 Å². The van der Waals surface area contributed by atoms with E-state index in [-0.39, 0.29) is 39.6 Å². The summed E-state index contributed by atoms with van der Waals surface area (Å²) in [4.78, 5) is 0. The third kappa shape index (κ3) is 12.0. The molecule has 3 aromatic rings. The quantitative estimate of drug-likeness (QED) is 0.0575. The van der Waals surface area contributed by atoms with Crippen LogP contribution < -0.4 is 14.8 Å². The third-order valence-electron chi connectivity index (χ3n) is 7.94. The van der Waals surface area contributed by atoms with Crippen molar-refractivity contribution in [1.82, 2.24) is 9.88 Å². The number of benzene rings is 2. The molecular formula is C36H58N2O10P2S. The van der Waals surface area contributed by atoms with Crippen LogP contribution in [0, 0.1) is 0 Å². The van der Waals surface area contributed by atoms with Crippen molar-refractivity contribution in [2.75, 3.05) is 64.3 Å². The van der Waals surface area contributed by atoms with Gasteiger partial charge in [0.25, 0.3) is 0 Å². The highest BCUT2D eigenvalue weighted by molar-refractivity contribution is 7.84. The van der Waals surface area contributed by atoms with Gasteiger partial charge in [0.2, 0.25) is 5.52 Å². The van der Waals surface area contributed by atoms with E-state index in [1.807, 2.05) is 32.0 Å². The zero-order chi connectivity index (χ0) is 37.3. The minimum atomic E-state index is -3.93. The number of fused-ring (bicyclic) bond motifs is 1. The lowest BCUT2D eigenvalue weighted by Gasteiger charge is -2.31. The van der Waals surface area contributed by atoms with Crippen LogP contribution in [0.5, 0.6) is 11.5 Å². The molecule has 0 amide bonds. The fraction of sp³-hybridized carbons (Fsp3) is 0.611. The molecule has 0 bridgehead atoms. The molecule has 1 aromatic heterocycles. The highest BCUT2D eigenvalue weighted by Crippen LogP contribution is 2.69. The molecule has 15 heteroatoms. The van der Waals surface area contributed by atoms with Crippen LogP contribution in [0.2, 0.25) is 0 Å². The lowest BCUT2D eigenvalue weighted by atomic mass is 10.0. The fourth-order valence-corrected chi connectivity index (χ4v) is 12.2. The molecule has 1 atom stereocenters. The molecule has 1 heterocycles. The highest BCUT2D eigenvalue weighted by Gasteiger charge is 2.50. The van der Waals surface area contributed by atoms with Crippen LogP contribution in [-0.2, 0) is 51.0 Å². The van der Waals surface area contributed by atoms with Crippen molar-refractivity contribution in [3.8, 4) is 22.8 Å². The van der Waals surface area contributed by atoms with Crippen LogP contribution in [0.4, 0.5) is 0 Å². The van der Waals surface area contributed by atoms with Gasteiger partial charge >= 0.3 is 15.2 Å². The normalized spacial score (nSPS) is 12.9. The largest absolute Gasteiger partial charge is 0.494 e. The first-order valence-electron chi connectivity index (χ1n) is 18.1. The Labute approximate surface area is 306 Å². The Kier molecular flexibility index (Phi) is 18.9. The van der Waals surface area contributed by atoms with E-state index in [0.717, 1.165) is 39.2 Å². The first kappa shape index (κ1) is 43.4. The van der Waals surface area contributed by atoms with Crippen LogP contribution in [0.25, 0.3) is 22.2 Å². The van der Waals surface area contributed by atoms with Gasteiger partial charge in [0.15, 0.2) is 0 Å². The number of aromatic nitrogens is 1. The maximum atomic E-state index is 13.8. The predicted octanol–water partition coefficient (Wildman–Crippen LogP) is 7.96. The molecule has 0 aliphatic rings. The average molecular weight is 773 g/mol. The Balaban J connectivity index is 1.79. The monoisotopic (exact) mass is 772 g/mol. The number of aryl methyl sites for hydroxylation is 2. The van der Waals surface area contributed by atoms with E-state index in [0.29, 0.717) is 56.9 Å². The second kappa shape index (κ2) is 22.2. The van der Waals surface area contributed by atoms with Gasteiger partial charge in [-0.05, 0) is 121 Å². The summed E-state index contributed by atoms with van der Waals surface area (Å²) in [5.74, 6) is 2.43. The smallest absolute Gasteiger partial charge is 0.359 e. The number of ether oxygens (including phenoxy) is 2. The van der Waals surface area contributed by atoms with Crippen LogP contribution in [0.3, 0.4) is 0 Å². The topological polar surface area (TPSA) is 144 Å². The van der Waals surface area contributed by atoms with Crippen molar-refractivity contribution < 1.29 is 46.0 Å². The molecule has 0 aliphatic heterocycles. The molecule has 12 nitrogen and oxygen atoms in total. The van der Waals surface area contributed by atoms with E-state index in [9.17, 15) is 18.4 Å². The van der Waals surface area contributed by atoms with Crippen LogP contribution in [-0.4, -0.2) is 83.7 Å². The van der Waals surface area contributed by atoms with E-state index in [1.165, 1.54) is 0 Å². The third-order valence-corrected chi connectivity index (χ3v) is 15.2. The Bertz CT molecular complexity index is 1550. The van der Waals surface area contributed by atoms with Crippen molar-refractivity contribution >= 4 is 36.9 Å². The SMILES string of the molecule is CCOc1ccc(-c2c(CCCO)c3ccc(OCC)cc3n2CCCS(=O)CCCNC(P(=O)(OCC)OCC)P(=O)(OCC)OCC)cc1. The molecule has 0 saturated carbocycles. The minimum absolute atomic E-state index is 0.0879. The molecule has 1 unspecified atom stereocenters. The number of nitrogens with zero attached hydrogens (tertiary/aromatic N) is 1. The number of hydrogen-bond acceptors (Lipinski definition) is 11. The van der Waals surface area contributed by atoms with Gasteiger partial charge in [-0.3, -0.25) is 18.7 Å². The first-order valence-corrected chi connectivity index (χ1v) is 22.8. The molecular weight excluding hydrogens is 714 g/mol. The Hall–Kier alpha value is -2.05. The minimum Gasteiger partial charge on any atom is -0.494 e. The molecule has 0 radical (unpaired) electrons. The van der Waals surface area contributed by atoms with Crippen LogP contribution in [0.15, 0.2) is 42.5 Å². The van der Waals surface area contributed by atoms with Gasteiger partial charge in [-0.15, -0.1) is 0 Å². The van der Waals surface area contributed by atoms with Gasteiger partial charge in [-0.1, -0.05) is 0 Å². The number of nitrogens with one attached hydrogen (secondary N) is 1. The maximum absolute atomic E-state index is 13.8. The molecule has 2 N–H and O–H groups in total.